The molecule has 2 N–H and O–H groups in total. The normalized spacial score (nSPS) is 25.5. The Balaban J connectivity index is 0.000000354. The lowest BCUT2D eigenvalue weighted by Gasteiger charge is -2.54. The highest BCUT2D eigenvalue weighted by molar-refractivity contribution is 5.82. The predicted octanol–water partition coefficient (Wildman–Crippen LogP) is 7.66. The van der Waals surface area contributed by atoms with Crippen LogP contribution in [0.2, 0.25) is 0 Å². The second-order valence-electron chi connectivity index (χ2n) is 17.4. The maximum absolute atomic E-state index is 11.6. The third-order valence-corrected chi connectivity index (χ3v) is 9.07. The van der Waals surface area contributed by atoms with Crippen molar-refractivity contribution in [2.75, 3.05) is 19.8 Å². The van der Waals surface area contributed by atoms with Crippen molar-refractivity contribution in [1.82, 2.24) is 20.5 Å². The Kier molecular flexibility index (Phi) is 15.8. The molecule has 0 aromatic carbocycles. The van der Waals surface area contributed by atoms with Crippen LogP contribution in [0.25, 0.3) is 0 Å². The summed E-state index contributed by atoms with van der Waals surface area (Å²) in [4.78, 5) is 34.6. The summed E-state index contributed by atoms with van der Waals surface area (Å²) >= 11 is 0. The Morgan fingerprint density at radius 1 is 0.717 bits per heavy atom. The number of hydrogen-bond donors (Lipinski definition) is 2. The van der Waals surface area contributed by atoms with E-state index in [1.807, 2.05) is 60.5 Å². The highest BCUT2D eigenvalue weighted by Crippen LogP contribution is 2.39. The van der Waals surface area contributed by atoms with Crippen LogP contribution in [-0.4, -0.2) is 91.0 Å². The zero-order valence-electron chi connectivity index (χ0n) is 32.3. The van der Waals surface area contributed by atoms with Gasteiger partial charge in [-0.25, -0.2) is 0 Å². The van der Waals surface area contributed by atoms with Crippen molar-refractivity contribution in [3.05, 3.63) is 12.7 Å². The highest BCUT2D eigenvalue weighted by atomic mass is 16.7. The van der Waals surface area contributed by atoms with Gasteiger partial charge in [0.05, 0.1) is 13.2 Å². The van der Waals surface area contributed by atoms with Crippen LogP contribution in [0.15, 0.2) is 12.7 Å². The van der Waals surface area contributed by atoms with Crippen LogP contribution in [0.4, 0.5) is 0 Å². The number of carbonyl (C=O) groups excluding carboxylic acids is 2. The Morgan fingerprint density at radius 2 is 1.13 bits per heavy atom. The maximum Gasteiger partial charge on any atom is 0.136 e. The summed E-state index contributed by atoms with van der Waals surface area (Å²) in [5.74, 6) is 0.541. The van der Waals surface area contributed by atoms with E-state index >= 15 is 0 Å². The Morgan fingerprint density at radius 3 is 1.52 bits per heavy atom. The molecular formula is C37H72N4O5. The molecular weight excluding hydrogens is 580 g/mol. The maximum atomic E-state index is 11.6. The van der Waals surface area contributed by atoms with Crippen molar-refractivity contribution in [3.8, 4) is 0 Å². The van der Waals surface area contributed by atoms with E-state index in [2.05, 4.69) is 58.5 Å². The van der Waals surface area contributed by atoms with Crippen molar-refractivity contribution in [3.63, 3.8) is 0 Å². The number of carbonyl (C=O) groups is 2. The van der Waals surface area contributed by atoms with E-state index in [-0.39, 0.29) is 27.9 Å². The number of piperidine rings is 3. The molecule has 0 atom stereocenters. The second kappa shape index (κ2) is 17.0. The average molecular weight is 653 g/mol. The first-order chi connectivity index (χ1) is 20.9. The number of nitrogens with zero attached hydrogens (tertiary/aromatic N) is 3. The molecule has 3 saturated heterocycles. The summed E-state index contributed by atoms with van der Waals surface area (Å²) in [6.07, 6.45) is 9.61. The third kappa shape index (κ3) is 12.4. The fraction of sp³-hybridized carbons (Fsp3) is 0.892. The largest absolute Gasteiger partial charge is 0.314 e. The molecule has 270 valence electrons. The van der Waals surface area contributed by atoms with Crippen LogP contribution in [0.3, 0.4) is 0 Å². The van der Waals surface area contributed by atoms with Gasteiger partial charge in [-0.2, -0.15) is 15.2 Å². The SMILES string of the molecule is C=CCON1C(C)(C)CC(=O)CC1(C)C.CC1(C)CC(=O)CC(C)(C)N1O.CCCCNC1CC(C)(C)N(OCCC)C(C)(C)C1. The quantitative estimate of drug-likeness (QED) is 0.182. The van der Waals surface area contributed by atoms with Gasteiger partial charge in [-0.3, -0.25) is 19.3 Å². The minimum absolute atomic E-state index is 0.0980. The van der Waals surface area contributed by atoms with Crippen molar-refractivity contribution >= 4 is 11.6 Å². The number of hydroxylamine groups is 6. The van der Waals surface area contributed by atoms with E-state index in [0.717, 1.165) is 32.4 Å². The van der Waals surface area contributed by atoms with E-state index < -0.39 is 11.1 Å². The summed E-state index contributed by atoms with van der Waals surface area (Å²) in [5, 5.41) is 19.0. The smallest absolute Gasteiger partial charge is 0.136 e. The number of hydrogen-bond acceptors (Lipinski definition) is 9. The summed E-state index contributed by atoms with van der Waals surface area (Å²) in [6.45, 7) is 35.4. The molecule has 3 aliphatic heterocycles. The van der Waals surface area contributed by atoms with E-state index in [1.165, 1.54) is 17.9 Å². The van der Waals surface area contributed by atoms with Gasteiger partial charge in [-0.15, -0.1) is 6.58 Å². The van der Waals surface area contributed by atoms with E-state index in [9.17, 15) is 14.8 Å². The van der Waals surface area contributed by atoms with Gasteiger partial charge in [0.25, 0.3) is 0 Å². The van der Waals surface area contributed by atoms with Crippen molar-refractivity contribution < 1.29 is 24.5 Å². The highest BCUT2D eigenvalue weighted by Gasteiger charge is 2.47. The summed E-state index contributed by atoms with van der Waals surface area (Å²) in [7, 11) is 0. The van der Waals surface area contributed by atoms with Gasteiger partial charge in [-0.05, 0) is 115 Å². The van der Waals surface area contributed by atoms with Gasteiger partial charge in [0.15, 0.2) is 0 Å². The van der Waals surface area contributed by atoms with Gasteiger partial charge >= 0.3 is 0 Å². The zero-order chi connectivity index (χ0) is 35.8. The lowest BCUT2D eigenvalue weighted by molar-refractivity contribution is -0.283. The first-order valence-electron chi connectivity index (χ1n) is 17.6. The molecule has 3 aliphatic rings. The second-order valence-corrected chi connectivity index (χ2v) is 17.4. The molecule has 0 bridgehead atoms. The van der Waals surface area contributed by atoms with Gasteiger partial charge in [0.1, 0.15) is 11.6 Å². The topological polar surface area (TPSA) is 94.6 Å². The third-order valence-electron chi connectivity index (χ3n) is 9.07. The molecule has 0 radical (unpaired) electrons. The van der Waals surface area contributed by atoms with Crippen LogP contribution in [0, 0.1) is 0 Å². The molecule has 0 aliphatic carbocycles. The van der Waals surface area contributed by atoms with Crippen molar-refractivity contribution in [2.24, 2.45) is 0 Å². The van der Waals surface area contributed by atoms with E-state index in [0.29, 0.717) is 44.1 Å². The molecule has 0 aromatic heterocycles. The molecule has 9 nitrogen and oxygen atoms in total. The number of Topliss-reactive ketones (excluding diaryl/α,β-unsaturated/α-hetero) is 2. The molecule has 0 amide bonds. The molecule has 3 fully saturated rings. The van der Waals surface area contributed by atoms with Crippen LogP contribution >= 0.6 is 0 Å². The summed E-state index contributed by atoms with van der Waals surface area (Å²) < 4.78 is 0. The summed E-state index contributed by atoms with van der Waals surface area (Å²) in [5.41, 5.74) is -1.11. The monoisotopic (exact) mass is 653 g/mol. The Bertz CT molecular complexity index is 930. The number of ketones is 2. The minimum Gasteiger partial charge on any atom is -0.314 e. The first kappa shape index (κ1) is 42.8. The Labute approximate surface area is 282 Å². The standard InChI is InChI=1S/C16H34N2O.C12H21NO2.C9H17NO2/c1-7-9-10-17-14-12-15(3,4)18(19-11-8-2)16(5,6)13-14;1-6-7-15-13-11(2,3)8-10(14)9-12(13,4)5;1-8(2)5-7(11)6-9(3,4)10(8)12/h14,17H,7-13H2,1-6H3;6H,1,7-9H2,2-5H3;12H,5-6H2,1-4H3. The molecule has 0 aromatic rings. The number of nitrogens with one attached hydrogen (secondary N) is 1. The lowest BCUT2D eigenvalue weighted by atomic mass is 9.79. The summed E-state index contributed by atoms with van der Waals surface area (Å²) in [6, 6.07) is 0.609. The fourth-order valence-electron chi connectivity index (χ4n) is 7.89. The van der Waals surface area contributed by atoms with Crippen LogP contribution in [0.1, 0.15) is 155 Å². The average Bonchev–Trinajstić information content (AvgIpc) is 2.85. The first-order valence-corrected chi connectivity index (χ1v) is 17.6. The number of rotatable bonds is 10. The molecule has 9 heteroatoms. The van der Waals surface area contributed by atoms with Gasteiger partial charge < -0.3 is 10.5 Å². The minimum atomic E-state index is -0.418. The predicted molar refractivity (Wildman–Crippen MR) is 189 cm³/mol. The van der Waals surface area contributed by atoms with Gasteiger partial charge in [0, 0.05) is 65.0 Å². The molecule has 0 spiro atoms. The zero-order valence-corrected chi connectivity index (χ0v) is 32.3. The lowest BCUT2D eigenvalue weighted by Crippen LogP contribution is -2.63. The fourth-order valence-corrected chi connectivity index (χ4v) is 7.89. The van der Waals surface area contributed by atoms with Gasteiger partial charge in [0.2, 0.25) is 0 Å². The number of unbranched alkanes of at least 4 members (excludes halogenated alkanes) is 1. The van der Waals surface area contributed by atoms with Gasteiger partial charge in [-0.1, -0.05) is 26.3 Å². The Hall–Kier alpha value is -1.20. The molecule has 3 rings (SSSR count). The molecule has 0 unspecified atom stereocenters. The van der Waals surface area contributed by atoms with Crippen LogP contribution in [-0.2, 0) is 19.3 Å². The molecule has 0 saturated carbocycles. The van der Waals surface area contributed by atoms with Crippen LogP contribution in [0.5, 0.6) is 0 Å². The van der Waals surface area contributed by atoms with Crippen molar-refractivity contribution in [1.29, 1.82) is 0 Å². The van der Waals surface area contributed by atoms with E-state index in [4.69, 9.17) is 9.68 Å². The van der Waals surface area contributed by atoms with Crippen LogP contribution < -0.4 is 5.32 Å². The molecule has 46 heavy (non-hydrogen) atoms. The molecule has 3 heterocycles. The van der Waals surface area contributed by atoms with Crippen molar-refractivity contribution in [2.45, 2.75) is 194 Å². The van der Waals surface area contributed by atoms with E-state index in [1.54, 1.807) is 6.08 Å².